The Bertz CT molecular complexity index is 2110. The molecule has 2 aliphatic heterocycles. The zero-order valence-electron chi connectivity index (χ0n) is 31.5. The highest BCUT2D eigenvalue weighted by Crippen LogP contribution is 2.58. The van der Waals surface area contributed by atoms with Gasteiger partial charge in [0.25, 0.3) is 0 Å². The van der Waals surface area contributed by atoms with Gasteiger partial charge in [0.05, 0.1) is 35.9 Å². The number of carbonyl (C=O) groups excluding carboxylic acids is 3. The fourth-order valence-corrected chi connectivity index (χ4v) is 7.56. The van der Waals surface area contributed by atoms with E-state index in [-0.39, 0.29) is 47.1 Å². The summed E-state index contributed by atoms with van der Waals surface area (Å²) < 4.78 is 4.80. The highest BCUT2D eigenvalue weighted by molar-refractivity contribution is 5.87. The van der Waals surface area contributed by atoms with Gasteiger partial charge in [0.2, 0.25) is 11.8 Å². The number of nitrogens with zero attached hydrogens (tertiary/aromatic N) is 4. The van der Waals surface area contributed by atoms with Gasteiger partial charge in [0.15, 0.2) is 0 Å². The second-order valence-corrected chi connectivity index (χ2v) is 15.9. The number of aromatic amines is 2. The van der Waals surface area contributed by atoms with E-state index in [1.54, 1.807) is 0 Å². The maximum Gasteiger partial charge on any atom is 0.407 e. The molecule has 53 heavy (non-hydrogen) atoms. The smallest absolute Gasteiger partial charge is 0.407 e. The maximum absolute atomic E-state index is 13.8. The fourth-order valence-electron chi connectivity index (χ4n) is 7.56. The Morgan fingerprint density at radius 2 is 1.64 bits per heavy atom. The molecule has 2 aromatic carbocycles. The van der Waals surface area contributed by atoms with Crippen molar-refractivity contribution < 1.29 is 19.1 Å². The van der Waals surface area contributed by atoms with E-state index in [0.29, 0.717) is 19.5 Å². The third-order valence-electron chi connectivity index (χ3n) is 11.3. The summed E-state index contributed by atoms with van der Waals surface area (Å²) >= 11 is 0. The third kappa shape index (κ3) is 7.32. The first kappa shape index (κ1) is 36.0. The normalized spacial score (nSPS) is 20.2. The summed E-state index contributed by atoms with van der Waals surface area (Å²) in [7, 11) is 1.30. The molecule has 7 rings (SSSR count). The highest BCUT2D eigenvalue weighted by Gasteiger charge is 2.55. The molecule has 1 aliphatic carbocycles. The van der Waals surface area contributed by atoms with Crippen molar-refractivity contribution in [1.29, 1.82) is 0 Å². The van der Waals surface area contributed by atoms with E-state index in [1.165, 1.54) is 7.11 Å². The molecule has 3 amide bonds. The molecule has 3 fully saturated rings. The largest absolute Gasteiger partial charge is 0.453 e. The topological polar surface area (TPSA) is 136 Å². The number of H-pyrrole nitrogens is 2. The second-order valence-electron chi connectivity index (χ2n) is 15.9. The van der Waals surface area contributed by atoms with Crippen LogP contribution in [-0.4, -0.2) is 73.9 Å². The number of nitrogens with one attached hydrogen (secondary N) is 3. The summed E-state index contributed by atoms with van der Waals surface area (Å²) in [5.41, 5.74) is 6.31. The molecular formula is C42H49N7O4. The van der Waals surface area contributed by atoms with Gasteiger partial charge in [-0.3, -0.25) is 9.59 Å². The molecule has 4 atom stereocenters. The van der Waals surface area contributed by atoms with Gasteiger partial charge >= 0.3 is 6.09 Å². The van der Waals surface area contributed by atoms with Crippen LogP contribution in [0, 0.1) is 35.0 Å². The minimum atomic E-state index is -0.685. The predicted molar refractivity (Wildman–Crippen MR) is 203 cm³/mol. The number of carbonyl (C=O) groups is 3. The molecule has 4 aromatic rings. The minimum Gasteiger partial charge on any atom is -0.453 e. The van der Waals surface area contributed by atoms with E-state index in [0.717, 1.165) is 69.9 Å². The molecule has 1 spiro atoms. The van der Waals surface area contributed by atoms with Gasteiger partial charge in [-0.2, -0.15) is 0 Å². The van der Waals surface area contributed by atoms with Crippen LogP contribution < -0.4 is 5.32 Å². The minimum absolute atomic E-state index is 0.0676. The van der Waals surface area contributed by atoms with E-state index in [1.807, 2.05) is 79.2 Å². The van der Waals surface area contributed by atoms with Crippen LogP contribution in [0.2, 0.25) is 0 Å². The van der Waals surface area contributed by atoms with E-state index < -0.39 is 12.1 Å². The number of methoxy groups -OCH3 is 1. The van der Waals surface area contributed by atoms with Gasteiger partial charge in [-0.25, -0.2) is 14.8 Å². The summed E-state index contributed by atoms with van der Waals surface area (Å²) in [5, 5.41) is 2.74. The first-order valence-corrected chi connectivity index (χ1v) is 18.6. The number of imidazole rings is 2. The lowest BCUT2D eigenvalue weighted by atomic mass is 9.96. The second kappa shape index (κ2) is 14.2. The number of fused-ring (bicyclic) bond motifs is 1. The number of likely N-dealkylation sites (tertiary alicyclic amines) is 2. The van der Waals surface area contributed by atoms with Crippen molar-refractivity contribution in [3.8, 4) is 23.1 Å². The van der Waals surface area contributed by atoms with Gasteiger partial charge in [-0.05, 0) is 73.3 Å². The molecule has 11 nitrogen and oxygen atoms in total. The maximum atomic E-state index is 13.8. The van der Waals surface area contributed by atoms with E-state index in [9.17, 15) is 14.4 Å². The molecule has 0 bridgehead atoms. The Morgan fingerprint density at radius 3 is 2.32 bits per heavy atom. The Balaban J connectivity index is 1.05. The summed E-state index contributed by atoms with van der Waals surface area (Å²) in [4.78, 5) is 59.6. The summed E-state index contributed by atoms with van der Waals surface area (Å²) in [6.45, 7) is 15.4. The Hall–Kier alpha value is -5.37. The van der Waals surface area contributed by atoms with Crippen LogP contribution in [0.5, 0.6) is 0 Å². The average molecular weight is 716 g/mol. The molecule has 3 aliphatic rings. The van der Waals surface area contributed by atoms with Gasteiger partial charge in [0.1, 0.15) is 17.7 Å². The Morgan fingerprint density at radius 1 is 0.925 bits per heavy atom. The number of hydrogen-bond donors (Lipinski definition) is 3. The van der Waals surface area contributed by atoms with Crippen LogP contribution in [0.3, 0.4) is 0 Å². The lowest BCUT2D eigenvalue weighted by Gasteiger charge is -2.30. The number of hydrogen-bond acceptors (Lipinski definition) is 6. The summed E-state index contributed by atoms with van der Waals surface area (Å²) in [6.07, 6.45) is 5.01. The summed E-state index contributed by atoms with van der Waals surface area (Å²) in [6, 6.07) is 12.9. The van der Waals surface area contributed by atoms with Crippen LogP contribution in [0.25, 0.3) is 22.3 Å². The van der Waals surface area contributed by atoms with Crippen molar-refractivity contribution in [1.82, 2.24) is 35.1 Å². The molecule has 0 unspecified atom stereocenters. The van der Waals surface area contributed by atoms with Crippen LogP contribution >= 0.6 is 0 Å². The molecule has 1 saturated carbocycles. The molecular weight excluding hydrogens is 667 g/mol. The third-order valence-corrected chi connectivity index (χ3v) is 11.3. The number of alkyl carbamates (subject to hydrolysis) is 1. The SMILES string of the molecule is C=C1C[C@@H](c2nc(-c3ccc(C#Cc4ccc5[nH]c([C@@H]6CC7(CC7)CN6C(=O)[C@@H](NC(=O)OC)C(C)C)nc5c4)cc3)c[nH]2)N(C(=O)[C@@H](C)C(C)C)C1. The van der Waals surface area contributed by atoms with Crippen molar-refractivity contribution in [3.63, 3.8) is 0 Å². The number of ether oxygens (including phenoxy) is 1. The highest BCUT2D eigenvalue weighted by atomic mass is 16.5. The quantitative estimate of drug-likeness (QED) is 0.134. The first-order chi connectivity index (χ1) is 25.3. The number of benzene rings is 2. The first-order valence-electron chi connectivity index (χ1n) is 18.6. The number of amides is 3. The van der Waals surface area contributed by atoms with E-state index in [2.05, 4.69) is 47.6 Å². The average Bonchev–Trinajstić information content (AvgIpc) is 3.57. The lowest BCUT2D eigenvalue weighted by Crippen LogP contribution is -2.51. The molecule has 11 heteroatoms. The van der Waals surface area contributed by atoms with Crippen LogP contribution in [0.4, 0.5) is 4.79 Å². The number of aromatic nitrogens is 4. The van der Waals surface area contributed by atoms with Crippen LogP contribution in [0.15, 0.2) is 60.8 Å². The van der Waals surface area contributed by atoms with Crippen molar-refractivity contribution in [2.24, 2.45) is 23.2 Å². The van der Waals surface area contributed by atoms with Crippen molar-refractivity contribution >= 4 is 28.9 Å². The molecule has 2 aromatic heterocycles. The number of rotatable bonds is 8. The Kier molecular flexibility index (Phi) is 9.66. The van der Waals surface area contributed by atoms with E-state index in [4.69, 9.17) is 14.7 Å². The molecule has 2 saturated heterocycles. The van der Waals surface area contributed by atoms with Crippen molar-refractivity contribution in [3.05, 3.63) is 83.6 Å². The zero-order valence-corrected chi connectivity index (χ0v) is 31.5. The zero-order chi connectivity index (χ0) is 37.6. The predicted octanol–water partition coefficient (Wildman–Crippen LogP) is 6.91. The van der Waals surface area contributed by atoms with Crippen LogP contribution in [0.1, 0.15) is 95.2 Å². The monoisotopic (exact) mass is 715 g/mol. The van der Waals surface area contributed by atoms with E-state index >= 15 is 0 Å². The van der Waals surface area contributed by atoms with Crippen molar-refractivity contribution in [2.45, 2.75) is 78.4 Å². The summed E-state index contributed by atoms with van der Waals surface area (Å²) in [5.74, 6) is 8.21. The van der Waals surface area contributed by atoms with Gasteiger partial charge < -0.3 is 29.8 Å². The van der Waals surface area contributed by atoms with Gasteiger partial charge in [0, 0.05) is 41.9 Å². The Labute approximate surface area is 311 Å². The van der Waals surface area contributed by atoms with Gasteiger partial charge in [-0.15, -0.1) is 0 Å². The fraction of sp³-hybridized carbons (Fsp3) is 0.452. The lowest BCUT2D eigenvalue weighted by molar-refractivity contribution is -0.137. The molecule has 4 heterocycles. The van der Waals surface area contributed by atoms with Crippen molar-refractivity contribution in [2.75, 3.05) is 20.2 Å². The molecule has 0 radical (unpaired) electrons. The van der Waals surface area contributed by atoms with Crippen LogP contribution in [-0.2, 0) is 14.3 Å². The molecule has 3 N–H and O–H groups in total. The van der Waals surface area contributed by atoms with Gasteiger partial charge in [-0.1, -0.05) is 70.7 Å². The molecule has 276 valence electrons. The standard InChI is InChI=1S/C42H49N7O4/c1-24(2)27(6)39(50)48-22-26(5)18-34(48)37-43-21-33(46-37)30-13-10-28(11-14-30)8-9-29-12-15-31-32(19-29)45-38(44-31)35-20-42(16-17-42)23-49(35)40(51)36(25(3)4)47-41(52)53-7/h10-15,19,21,24-25,27,34-36H,5,16-18,20,22-23H2,1-4,6-7H3,(H,43,46)(H,44,45)(H,47,52)/t27-,34-,35-,36-/m0/s1.